The van der Waals surface area contributed by atoms with Gasteiger partial charge in [-0.05, 0) is 12.8 Å². The van der Waals surface area contributed by atoms with Crippen molar-refractivity contribution in [3.63, 3.8) is 0 Å². The minimum Gasteiger partial charge on any atom is -0.469 e. The lowest BCUT2D eigenvalue weighted by Gasteiger charge is -2.46. The van der Waals surface area contributed by atoms with Gasteiger partial charge in [-0.2, -0.15) is 0 Å². The molecule has 35 heavy (non-hydrogen) atoms. The Labute approximate surface area is 204 Å². The molecule has 0 spiro atoms. The SMILES string of the molecule is COC(=O)CCCCCCCCO[C@H]1O[C@H](CO)[C@@H](O)[C@H](O)[C@H]1O[C@@H]1O[C@H](CO)[C@@H](O)[C@H](O)[C@@H]1N. The van der Waals surface area contributed by atoms with Crippen molar-refractivity contribution in [1.29, 1.82) is 0 Å². The number of methoxy groups -OCH3 is 1. The number of aliphatic hydroxyl groups is 6. The second-order valence-electron chi connectivity index (χ2n) is 8.91. The number of esters is 1. The molecule has 2 heterocycles. The molecule has 8 N–H and O–H groups in total. The minimum absolute atomic E-state index is 0.215. The van der Waals surface area contributed by atoms with E-state index in [1.54, 1.807) is 0 Å². The first-order chi connectivity index (χ1) is 16.7. The van der Waals surface area contributed by atoms with Gasteiger partial charge in [-0.1, -0.05) is 25.7 Å². The fraction of sp³-hybridized carbons (Fsp3) is 0.955. The van der Waals surface area contributed by atoms with Gasteiger partial charge in [0, 0.05) is 13.0 Å². The summed E-state index contributed by atoms with van der Waals surface area (Å²) in [7, 11) is 1.37. The highest BCUT2D eigenvalue weighted by molar-refractivity contribution is 5.68. The highest BCUT2D eigenvalue weighted by atomic mass is 16.7. The molecule has 2 saturated heterocycles. The van der Waals surface area contributed by atoms with Crippen molar-refractivity contribution in [1.82, 2.24) is 0 Å². The molecule has 0 radical (unpaired) electrons. The minimum atomic E-state index is -1.53. The summed E-state index contributed by atoms with van der Waals surface area (Å²) in [6.45, 7) is -0.925. The van der Waals surface area contributed by atoms with E-state index in [9.17, 15) is 35.4 Å². The maximum absolute atomic E-state index is 11.1. The molecule has 0 bridgehead atoms. The normalized spacial score (nSPS) is 37.8. The largest absolute Gasteiger partial charge is 0.469 e. The van der Waals surface area contributed by atoms with Crippen LogP contribution in [0.2, 0.25) is 0 Å². The van der Waals surface area contributed by atoms with Gasteiger partial charge < -0.3 is 60.1 Å². The molecule has 0 saturated carbocycles. The van der Waals surface area contributed by atoms with Gasteiger partial charge in [0.2, 0.25) is 0 Å². The Balaban J connectivity index is 1.86. The van der Waals surface area contributed by atoms with E-state index in [2.05, 4.69) is 4.74 Å². The average Bonchev–Trinajstić information content (AvgIpc) is 2.86. The second-order valence-corrected chi connectivity index (χ2v) is 8.91. The fourth-order valence-electron chi connectivity index (χ4n) is 4.10. The first kappa shape index (κ1) is 30.3. The first-order valence-electron chi connectivity index (χ1n) is 12.1. The van der Waals surface area contributed by atoms with Crippen LogP contribution in [0.1, 0.15) is 44.9 Å². The molecule has 0 aromatic heterocycles. The Bertz CT molecular complexity index is 611. The molecule has 0 aliphatic carbocycles. The van der Waals surface area contributed by atoms with Crippen LogP contribution in [0, 0.1) is 0 Å². The van der Waals surface area contributed by atoms with Crippen LogP contribution < -0.4 is 5.73 Å². The highest BCUT2D eigenvalue weighted by Crippen LogP contribution is 2.29. The van der Waals surface area contributed by atoms with Crippen LogP contribution in [0.5, 0.6) is 0 Å². The topological polar surface area (TPSA) is 211 Å². The molecule has 13 nitrogen and oxygen atoms in total. The van der Waals surface area contributed by atoms with Gasteiger partial charge in [0.1, 0.15) is 42.7 Å². The number of unbranched alkanes of at least 4 members (excludes halogenated alkanes) is 5. The zero-order valence-corrected chi connectivity index (χ0v) is 20.1. The number of carbonyl (C=O) groups is 1. The van der Waals surface area contributed by atoms with E-state index >= 15 is 0 Å². The van der Waals surface area contributed by atoms with Gasteiger partial charge in [-0.15, -0.1) is 0 Å². The number of aliphatic hydroxyl groups excluding tert-OH is 6. The Morgan fingerprint density at radius 2 is 1.34 bits per heavy atom. The molecule has 2 rings (SSSR count). The lowest BCUT2D eigenvalue weighted by Crippen LogP contribution is -2.66. The highest BCUT2D eigenvalue weighted by Gasteiger charge is 2.50. The third-order valence-corrected chi connectivity index (χ3v) is 6.33. The summed E-state index contributed by atoms with van der Waals surface area (Å²) in [4.78, 5) is 11.1. The molecular formula is C22H41NO12. The van der Waals surface area contributed by atoms with Gasteiger partial charge in [0.15, 0.2) is 12.6 Å². The van der Waals surface area contributed by atoms with Crippen molar-refractivity contribution in [2.24, 2.45) is 5.73 Å². The van der Waals surface area contributed by atoms with E-state index in [0.717, 1.165) is 32.1 Å². The summed E-state index contributed by atoms with van der Waals surface area (Å²) in [5.74, 6) is -0.215. The zero-order chi connectivity index (χ0) is 26.0. The average molecular weight is 512 g/mol. The third kappa shape index (κ3) is 8.54. The Morgan fingerprint density at radius 3 is 1.94 bits per heavy atom. The molecule has 13 heteroatoms. The lowest BCUT2D eigenvalue weighted by molar-refractivity contribution is -0.353. The number of nitrogens with two attached hydrogens (primary N) is 1. The van der Waals surface area contributed by atoms with Crippen molar-refractivity contribution in [3.05, 3.63) is 0 Å². The number of hydrogen-bond acceptors (Lipinski definition) is 13. The van der Waals surface area contributed by atoms with Crippen LogP contribution in [-0.4, -0.2) is 125 Å². The molecule has 0 unspecified atom stereocenters. The predicted molar refractivity (Wildman–Crippen MR) is 119 cm³/mol. The molecular weight excluding hydrogens is 470 g/mol. The van der Waals surface area contributed by atoms with Gasteiger partial charge in [0.05, 0.1) is 26.4 Å². The lowest BCUT2D eigenvalue weighted by atomic mass is 9.96. The van der Waals surface area contributed by atoms with Crippen molar-refractivity contribution >= 4 is 5.97 Å². The molecule has 0 aromatic rings. The Morgan fingerprint density at radius 1 is 0.800 bits per heavy atom. The molecule has 2 aliphatic rings. The smallest absolute Gasteiger partial charge is 0.305 e. The summed E-state index contributed by atoms with van der Waals surface area (Å²) >= 11 is 0. The van der Waals surface area contributed by atoms with Gasteiger partial charge in [0.25, 0.3) is 0 Å². The maximum Gasteiger partial charge on any atom is 0.305 e. The van der Waals surface area contributed by atoms with Crippen LogP contribution in [0.3, 0.4) is 0 Å². The molecule has 2 aliphatic heterocycles. The van der Waals surface area contributed by atoms with Gasteiger partial charge >= 0.3 is 5.97 Å². The third-order valence-electron chi connectivity index (χ3n) is 6.33. The Kier molecular flexibility index (Phi) is 13.2. The van der Waals surface area contributed by atoms with E-state index in [4.69, 9.17) is 24.7 Å². The number of hydrogen-bond donors (Lipinski definition) is 7. The summed E-state index contributed by atoms with van der Waals surface area (Å²) in [5, 5.41) is 59.9. The van der Waals surface area contributed by atoms with Gasteiger partial charge in [-0.3, -0.25) is 4.79 Å². The first-order valence-corrected chi connectivity index (χ1v) is 12.1. The second kappa shape index (κ2) is 15.3. The van der Waals surface area contributed by atoms with E-state index < -0.39 is 74.6 Å². The van der Waals surface area contributed by atoms with Crippen LogP contribution in [-0.2, 0) is 28.5 Å². The Hall–Kier alpha value is -0.970. The van der Waals surface area contributed by atoms with Crippen molar-refractivity contribution in [3.8, 4) is 0 Å². The van der Waals surface area contributed by atoms with E-state index in [-0.39, 0.29) is 12.6 Å². The number of carbonyl (C=O) groups excluding carboxylic acids is 1. The monoisotopic (exact) mass is 511 g/mol. The predicted octanol–water partition coefficient (Wildman–Crippen LogP) is -2.50. The number of ether oxygens (including phenoxy) is 5. The maximum atomic E-state index is 11.1. The van der Waals surface area contributed by atoms with Crippen LogP contribution in [0.4, 0.5) is 0 Å². The summed E-state index contributed by atoms with van der Waals surface area (Å²) < 4.78 is 27.1. The van der Waals surface area contributed by atoms with E-state index in [1.165, 1.54) is 7.11 Å². The molecule has 0 aromatic carbocycles. The van der Waals surface area contributed by atoms with Crippen molar-refractivity contribution < 1.29 is 59.1 Å². The van der Waals surface area contributed by atoms with E-state index in [0.29, 0.717) is 12.8 Å². The number of rotatable bonds is 14. The van der Waals surface area contributed by atoms with Crippen LogP contribution >= 0.6 is 0 Å². The van der Waals surface area contributed by atoms with Crippen molar-refractivity contribution in [2.75, 3.05) is 26.9 Å². The molecule has 10 atom stereocenters. The quantitative estimate of drug-likeness (QED) is 0.0950. The standard InChI is InChI=1S/C22H41NO12/c1-31-14(26)8-6-4-2-3-5-7-9-32-22-20(19(30)17(28)13(11-25)34-22)35-21-15(23)18(29)16(27)12(10-24)33-21/h12-13,15-22,24-25,27-30H,2-11,23H2,1H3/t12-,13-,15+,16-,17-,18-,19+,20-,21+,22+/m1/s1. The summed E-state index contributed by atoms with van der Waals surface area (Å²) in [5.41, 5.74) is 5.91. The molecule has 0 amide bonds. The van der Waals surface area contributed by atoms with Gasteiger partial charge in [-0.25, -0.2) is 0 Å². The van der Waals surface area contributed by atoms with Crippen molar-refractivity contribution in [2.45, 2.75) is 106 Å². The summed E-state index contributed by atoms with van der Waals surface area (Å²) in [6, 6.07) is -1.22. The van der Waals surface area contributed by atoms with Crippen LogP contribution in [0.15, 0.2) is 0 Å². The summed E-state index contributed by atoms with van der Waals surface area (Å²) in [6.07, 6.45) is -6.50. The van der Waals surface area contributed by atoms with Crippen LogP contribution in [0.25, 0.3) is 0 Å². The molecule has 206 valence electrons. The fourth-order valence-corrected chi connectivity index (χ4v) is 4.10. The molecule has 2 fully saturated rings. The van der Waals surface area contributed by atoms with E-state index in [1.807, 2.05) is 0 Å². The zero-order valence-electron chi connectivity index (χ0n) is 20.1.